The van der Waals surface area contributed by atoms with Gasteiger partial charge in [-0.1, -0.05) is 27.4 Å². The molecule has 2 heterocycles. The molecule has 0 spiro atoms. The molecule has 1 aliphatic heterocycles. The summed E-state index contributed by atoms with van der Waals surface area (Å²) in [6.07, 6.45) is 3.77. The largest absolute Gasteiger partial charge is 0.338 e. The van der Waals surface area contributed by atoms with Crippen LogP contribution >= 0.6 is 0 Å². The Morgan fingerprint density at radius 2 is 1.94 bits per heavy atom. The van der Waals surface area contributed by atoms with Crippen LogP contribution in [0.1, 0.15) is 75.5 Å². The zero-order valence-electron chi connectivity index (χ0n) is 20.9. The van der Waals surface area contributed by atoms with Crippen molar-refractivity contribution in [2.75, 3.05) is 13.1 Å². The quantitative estimate of drug-likeness (QED) is 0.626. The van der Waals surface area contributed by atoms with Crippen LogP contribution in [0, 0.1) is 11.8 Å². The van der Waals surface area contributed by atoms with Gasteiger partial charge in [-0.05, 0) is 56.0 Å². The number of carbonyl (C=O) groups excluding carboxylic acids is 2. The van der Waals surface area contributed by atoms with Crippen LogP contribution in [0.2, 0.25) is 0 Å². The maximum absolute atomic E-state index is 13.7. The Morgan fingerprint density at radius 3 is 2.60 bits per heavy atom. The molecule has 2 amide bonds. The van der Waals surface area contributed by atoms with E-state index < -0.39 is 5.92 Å². The topological polar surface area (TPSA) is 67.2 Å². The number of benzene rings is 1. The van der Waals surface area contributed by atoms with E-state index in [4.69, 9.17) is 4.98 Å². The lowest BCUT2D eigenvalue weighted by Crippen LogP contribution is -2.44. The third kappa shape index (κ3) is 5.57. The SMILES string of the molecule is C=CNC(=O)C1CCCN(C(=O)c2ccc3c(c2)nc(C(C)(C)C)n3CC2CCC(F)(F)CC2)C1. The first-order chi connectivity index (χ1) is 16.5. The van der Waals surface area contributed by atoms with Gasteiger partial charge in [0.15, 0.2) is 0 Å². The van der Waals surface area contributed by atoms with Crippen molar-refractivity contribution >= 4 is 22.8 Å². The third-order valence-corrected chi connectivity index (χ3v) is 7.27. The minimum atomic E-state index is -2.55. The van der Waals surface area contributed by atoms with Crippen molar-refractivity contribution in [3.8, 4) is 0 Å². The van der Waals surface area contributed by atoms with Crippen molar-refractivity contribution in [1.82, 2.24) is 19.8 Å². The third-order valence-electron chi connectivity index (χ3n) is 7.27. The minimum absolute atomic E-state index is 0.0601. The summed E-state index contributed by atoms with van der Waals surface area (Å²) in [7, 11) is 0. The zero-order valence-corrected chi connectivity index (χ0v) is 20.9. The number of halogens is 2. The minimum Gasteiger partial charge on any atom is -0.338 e. The number of carbonyl (C=O) groups is 2. The summed E-state index contributed by atoms with van der Waals surface area (Å²) in [5.74, 6) is -1.93. The standard InChI is InChI=1S/C27H36F2N4O2/c1-5-30-23(34)20-7-6-14-32(17-20)24(35)19-8-9-22-21(15-19)31-25(26(2,3)4)33(22)16-18-10-12-27(28,29)13-11-18/h5,8-9,15,18,20H,1,6-7,10-14,16-17H2,2-4H3,(H,30,34). The fourth-order valence-corrected chi connectivity index (χ4v) is 5.34. The van der Waals surface area contributed by atoms with Crippen molar-refractivity contribution < 1.29 is 18.4 Å². The van der Waals surface area contributed by atoms with Gasteiger partial charge in [-0.3, -0.25) is 9.59 Å². The van der Waals surface area contributed by atoms with Crippen molar-refractivity contribution in [1.29, 1.82) is 0 Å². The number of hydrogen-bond donors (Lipinski definition) is 1. The van der Waals surface area contributed by atoms with Gasteiger partial charge in [0, 0.05) is 43.5 Å². The van der Waals surface area contributed by atoms with Crippen molar-refractivity contribution in [3.05, 3.63) is 42.4 Å². The van der Waals surface area contributed by atoms with Crippen molar-refractivity contribution in [2.24, 2.45) is 11.8 Å². The van der Waals surface area contributed by atoms with E-state index in [2.05, 4.69) is 37.2 Å². The smallest absolute Gasteiger partial charge is 0.253 e. The molecule has 1 aliphatic carbocycles. The number of nitrogens with zero attached hydrogens (tertiary/aromatic N) is 3. The van der Waals surface area contributed by atoms with Crippen LogP contribution < -0.4 is 5.32 Å². The molecule has 190 valence electrons. The van der Waals surface area contributed by atoms with Crippen LogP contribution in [0.5, 0.6) is 0 Å². The van der Waals surface area contributed by atoms with E-state index in [1.54, 1.807) is 4.90 Å². The number of rotatable bonds is 5. The fourth-order valence-electron chi connectivity index (χ4n) is 5.34. The molecule has 0 radical (unpaired) electrons. The molecule has 2 aliphatic rings. The average Bonchev–Trinajstić information content (AvgIpc) is 3.18. The first-order valence-electron chi connectivity index (χ1n) is 12.6. The first-order valence-corrected chi connectivity index (χ1v) is 12.6. The number of alkyl halides is 2. The molecule has 4 rings (SSSR count). The van der Waals surface area contributed by atoms with Gasteiger partial charge < -0.3 is 14.8 Å². The molecule has 1 atom stereocenters. The Hall–Kier alpha value is -2.77. The molecule has 8 heteroatoms. The van der Waals surface area contributed by atoms with E-state index in [9.17, 15) is 18.4 Å². The number of aromatic nitrogens is 2. The van der Waals surface area contributed by atoms with Crippen molar-refractivity contribution in [2.45, 2.75) is 77.2 Å². The Morgan fingerprint density at radius 1 is 1.23 bits per heavy atom. The summed E-state index contributed by atoms with van der Waals surface area (Å²) < 4.78 is 29.5. The van der Waals surface area contributed by atoms with E-state index in [1.165, 1.54) is 6.20 Å². The fraction of sp³-hybridized carbons (Fsp3) is 0.593. The number of piperidine rings is 1. The van der Waals surface area contributed by atoms with Gasteiger partial charge in [-0.15, -0.1) is 0 Å². The number of likely N-dealkylation sites (tertiary alicyclic amines) is 1. The summed E-state index contributed by atoms with van der Waals surface area (Å²) in [4.78, 5) is 32.2. The van der Waals surface area contributed by atoms with Gasteiger partial charge in [0.05, 0.1) is 17.0 Å². The average molecular weight is 487 g/mol. The zero-order chi connectivity index (χ0) is 25.4. The molecule has 1 N–H and O–H groups in total. The number of hydrogen-bond acceptors (Lipinski definition) is 3. The van der Waals surface area contributed by atoms with E-state index >= 15 is 0 Å². The first kappa shape index (κ1) is 25.3. The van der Waals surface area contributed by atoms with Gasteiger partial charge >= 0.3 is 0 Å². The molecule has 35 heavy (non-hydrogen) atoms. The lowest BCUT2D eigenvalue weighted by molar-refractivity contribution is -0.125. The number of amides is 2. The summed E-state index contributed by atoms with van der Waals surface area (Å²) in [5, 5.41) is 2.63. The molecule has 1 unspecified atom stereocenters. The molecule has 2 aromatic rings. The molecule has 1 saturated carbocycles. The Balaban J connectivity index is 1.58. The van der Waals surface area contributed by atoms with Crippen LogP contribution in [0.4, 0.5) is 8.78 Å². The molecule has 1 aromatic heterocycles. The van der Waals surface area contributed by atoms with Gasteiger partial charge in [-0.2, -0.15) is 0 Å². The van der Waals surface area contributed by atoms with Crippen LogP contribution in [0.15, 0.2) is 31.0 Å². The lowest BCUT2D eigenvalue weighted by atomic mass is 9.86. The summed E-state index contributed by atoms with van der Waals surface area (Å²) in [6, 6.07) is 5.57. The lowest BCUT2D eigenvalue weighted by Gasteiger charge is -2.32. The maximum atomic E-state index is 13.7. The van der Waals surface area contributed by atoms with E-state index in [0.29, 0.717) is 38.0 Å². The molecule has 1 saturated heterocycles. The van der Waals surface area contributed by atoms with E-state index in [1.807, 2.05) is 18.2 Å². The highest BCUT2D eigenvalue weighted by Crippen LogP contribution is 2.38. The monoisotopic (exact) mass is 486 g/mol. The second-order valence-corrected chi connectivity index (χ2v) is 11.1. The van der Waals surface area contributed by atoms with Crippen molar-refractivity contribution in [3.63, 3.8) is 0 Å². The maximum Gasteiger partial charge on any atom is 0.253 e. The van der Waals surface area contributed by atoms with Gasteiger partial charge in [0.2, 0.25) is 11.8 Å². The number of fused-ring (bicyclic) bond motifs is 1. The van der Waals surface area contributed by atoms with E-state index in [-0.39, 0.29) is 41.9 Å². The number of nitrogens with one attached hydrogen (secondary N) is 1. The van der Waals surface area contributed by atoms with Gasteiger partial charge in [0.25, 0.3) is 5.91 Å². The van der Waals surface area contributed by atoms with Gasteiger partial charge in [0.1, 0.15) is 5.82 Å². The summed E-state index contributed by atoms with van der Waals surface area (Å²) >= 11 is 0. The second kappa shape index (κ2) is 9.70. The Bertz CT molecular complexity index is 1110. The van der Waals surface area contributed by atoms with Crippen LogP contribution in [0.3, 0.4) is 0 Å². The predicted octanol–water partition coefficient (Wildman–Crippen LogP) is 5.27. The molecular formula is C27H36F2N4O2. The molecule has 1 aromatic carbocycles. The van der Waals surface area contributed by atoms with Crippen LogP contribution in [-0.2, 0) is 16.8 Å². The number of imidazole rings is 1. The van der Waals surface area contributed by atoms with Gasteiger partial charge in [-0.25, -0.2) is 13.8 Å². The second-order valence-electron chi connectivity index (χ2n) is 11.1. The molecule has 6 nitrogen and oxygen atoms in total. The van der Waals surface area contributed by atoms with Crippen LogP contribution in [0.25, 0.3) is 11.0 Å². The van der Waals surface area contributed by atoms with E-state index in [0.717, 1.165) is 29.7 Å². The summed E-state index contributed by atoms with van der Waals surface area (Å²) in [5.41, 5.74) is 1.97. The van der Waals surface area contributed by atoms with Crippen LogP contribution in [-0.4, -0.2) is 45.3 Å². The summed E-state index contributed by atoms with van der Waals surface area (Å²) in [6.45, 7) is 11.5. The predicted molar refractivity (Wildman–Crippen MR) is 132 cm³/mol. The molecule has 2 fully saturated rings. The molecular weight excluding hydrogens is 450 g/mol. The highest BCUT2D eigenvalue weighted by Gasteiger charge is 2.36. The normalized spacial score (nSPS) is 21.2. The highest BCUT2D eigenvalue weighted by atomic mass is 19.3. The molecule has 0 bridgehead atoms. The highest BCUT2D eigenvalue weighted by molar-refractivity contribution is 5.98. The Kier molecular flexibility index (Phi) is 7.02. The Labute approximate surface area is 205 Å².